The lowest BCUT2D eigenvalue weighted by molar-refractivity contribution is -0.120. The molecule has 1 aromatic carbocycles. The van der Waals surface area contributed by atoms with Crippen molar-refractivity contribution in [2.45, 2.75) is 26.7 Å². The van der Waals surface area contributed by atoms with E-state index in [1.807, 2.05) is 26.0 Å². The van der Waals surface area contributed by atoms with Crippen LogP contribution in [-0.2, 0) is 22.4 Å². The first-order chi connectivity index (χ1) is 11.5. The summed E-state index contributed by atoms with van der Waals surface area (Å²) in [5.41, 5.74) is 2.62. The molecule has 0 saturated carbocycles. The largest absolute Gasteiger partial charge is 0.355 e. The molecule has 0 unspecified atom stereocenters. The van der Waals surface area contributed by atoms with Crippen molar-refractivity contribution < 1.29 is 9.59 Å². The lowest BCUT2D eigenvalue weighted by Crippen LogP contribution is -2.27. The molecule has 0 aliphatic heterocycles. The minimum atomic E-state index is -0.255. The number of amides is 2. The Labute approximate surface area is 145 Å². The molecule has 2 amide bonds. The molecule has 0 spiro atoms. The van der Waals surface area contributed by atoms with Gasteiger partial charge < -0.3 is 10.6 Å². The average molecular weight is 343 g/mol. The summed E-state index contributed by atoms with van der Waals surface area (Å²) in [6.07, 6.45) is 2.33. The Morgan fingerprint density at radius 1 is 1.25 bits per heavy atom. The number of carbonyl (C=O) groups is 2. The van der Waals surface area contributed by atoms with Crippen molar-refractivity contribution in [2.24, 2.45) is 0 Å². The molecule has 0 aliphatic rings. The highest BCUT2D eigenvalue weighted by molar-refractivity contribution is 7.11. The summed E-state index contributed by atoms with van der Waals surface area (Å²) in [6.45, 7) is 7.99. The van der Waals surface area contributed by atoms with Crippen molar-refractivity contribution in [1.29, 1.82) is 0 Å². The first-order valence-corrected chi connectivity index (χ1v) is 8.51. The molecule has 5 nitrogen and oxygen atoms in total. The van der Waals surface area contributed by atoms with Crippen molar-refractivity contribution in [1.82, 2.24) is 10.3 Å². The van der Waals surface area contributed by atoms with Crippen LogP contribution >= 0.6 is 11.3 Å². The van der Waals surface area contributed by atoms with Gasteiger partial charge in [0.05, 0.1) is 17.1 Å². The molecule has 0 atom stereocenters. The van der Waals surface area contributed by atoms with Crippen LogP contribution in [0.4, 0.5) is 5.69 Å². The molecule has 0 bridgehead atoms. The second kappa shape index (κ2) is 8.40. The predicted molar refractivity (Wildman–Crippen MR) is 97.3 cm³/mol. The van der Waals surface area contributed by atoms with Gasteiger partial charge >= 0.3 is 0 Å². The molecule has 2 rings (SSSR count). The normalized spacial score (nSPS) is 10.2. The first kappa shape index (κ1) is 17.9. The third-order valence-electron chi connectivity index (χ3n) is 3.45. The van der Waals surface area contributed by atoms with Gasteiger partial charge in [0.2, 0.25) is 11.8 Å². The van der Waals surface area contributed by atoms with E-state index in [4.69, 9.17) is 0 Å². The van der Waals surface area contributed by atoms with Gasteiger partial charge in [0.15, 0.2) is 0 Å². The lowest BCUT2D eigenvalue weighted by atomic mass is 10.1. The van der Waals surface area contributed by atoms with Crippen LogP contribution in [0.2, 0.25) is 0 Å². The summed E-state index contributed by atoms with van der Waals surface area (Å²) in [5, 5.41) is 6.65. The van der Waals surface area contributed by atoms with E-state index in [0.717, 1.165) is 22.7 Å². The Morgan fingerprint density at radius 2 is 1.96 bits per heavy atom. The average Bonchev–Trinajstić information content (AvgIpc) is 2.87. The van der Waals surface area contributed by atoms with Crippen molar-refractivity contribution in [3.05, 3.63) is 58.1 Å². The number of hydrogen-bond donors (Lipinski definition) is 2. The van der Waals surface area contributed by atoms with E-state index < -0.39 is 0 Å². The highest BCUT2D eigenvalue weighted by atomic mass is 32.1. The van der Waals surface area contributed by atoms with Crippen molar-refractivity contribution in [3.63, 3.8) is 0 Å². The number of aromatic nitrogens is 1. The molecule has 0 aliphatic carbocycles. The maximum atomic E-state index is 12.0. The SMILES string of the molecule is C=CC(=O)Nc1ccc(CC(=O)NCCc2sc(C)nc2C)cc1. The molecule has 2 N–H and O–H groups in total. The summed E-state index contributed by atoms with van der Waals surface area (Å²) in [6, 6.07) is 7.20. The third kappa shape index (κ3) is 5.31. The van der Waals surface area contributed by atoms with Crippen LogP contribution in [0.3, 0.4) is 0 Å². The molecule has 0 fully saturated rings. The van der Waals surface area contributed by atoms with Crippen molar-refractivity contribution >= 4 is 28.8 Å². The van der Waals surface area contributed by atoms with E-state index in [1.165, 1.54) is 11.0 Å². The fourth-order valence-electron chi connectivity index (χ4n) is 2.27. The lowest BCUT2D eigenvalue weighted by Gasteiger charge is -2.06. The van der Waals surface area contributed by atoms with E-state index in [1.54, 1.807) is 23.5 Å². The standard InChI is InChI=1S/C18H21N3O2S/c1-4-17(22)21-15-7-5-14(6-8-15)11-18(23)19-10-9-16-12(2)20-13(3)24-16/h4-8H,1,9-11H2,2-3H3,(H,19,23)(H,21,22). The first-order valence-electron chi connectivity index (χ1n) is 7.70. The van der Waals surface area contributed by atoms with Gasteiger partial charge in [-0.05, 0) is 37.6 Å². The Kier molecular flexibility index (Phi) is 6.26. The zero-order valence-corrected chi connectivity index (χ0v) is 14.7. The van der Waals surface area contributed by atoms with Gasteiger partial charge in [0, 0.05) is 23.5 Å². The molecule has 0 saturated heterocycles. The van der Waals surface area contributed by atoms with E-state index in [-0.39, 0.29) is 11.8 Å². The van der Waals surface area contributed by atoms with Crippen LogP contribution in [-0.4, -0.2) is 23.3 Å². The number of nitrogens with one attached hydrogen (secondary N) is 2. The number of benzene rings is 1. The van der Waals surface area contributed by atoms with Gasteiger partial charge in [-0.15, -0.1) is 11.3 Å². The highest BCUT2D eigenvalue weighted by Gasteiger charge is 2.07. The molecular formula is C18H21N3O2S. The van der Waals surface area contributed by atoms with E-state index in [9.17, 15) is 9.59 Å². The zero-order valence-electron chi connectivity index (χ0n) is 13.9. The molecule has 2 aromatic rings. The minimum Gasteiger partial charge on any atom is -0.355 e. The quantitative estimate of drug-likeness (QED) is 0.760. The summed E-state index contributed by atoms with van der Waals surface area (Å²) in [5.74, 6) is -0.272. The van der Waals surface area contributed by atoms with E-state index in [2.05, 4.69) is 22.2 Å². The van der Waals surface area contributed by atoms with Crippen LogP contribution in [0, 0.1) is 13.8 Å². The van der Waals surface area contributed by atoms with Gasteiger partial charge in [0.1, 0.15) is 0 Å². The van der Waals surface area contributed by atoms with E-state index >= 15 is 0 Å². The molecule has 1 aromatic heterocycles. The van der Waals surface area contributed by atoms with Gasteiger partial charge in [-0.2, -0.15) is 0 Å². The number of nitrogens with zero attached hydrogens (tertiary/aromatic N) is 1. The van der Waals surface area contributed by atoms with Gasteiger partial charge in [-0.3, -0.25) is 9.59 Å². The number of rotatable bonds is 7. The second-order valence-electron chi connectivity index (χ2n) is 5.41. The predicted octanol–water partition coefficient (Wildman–Crippen LogP) is 2.79. The van der Waals surface area contributed by atoms with E-state index in [0.29, 0.717) is 18.7 Å². The summed E-state index contributed by atoms with van der Waals surface area (Å²) in [7, 11) is 0. The topological polar surface area (TPSA) is 71.1 Å². The number of hydrogen-bond acceptors (Lipinski definition) is 4. The summed E-state index contributed by atoms with van der Waals surface area (Å²) >= 11 is 1.67. The Bertz CT molecular complexity index is 735. The maximum Gasteiger partial charge on any atom is 0.247 e. The number of thiazole rings is 1. The smallest absolute Gasteiger partial charge is 0.247 e. The Morgan fingerprint density at radius 3 is 2.54 bits per heavy atom. The zero-order chi connectivity index (χ0) is 17.5. The summed E-state index contributed by atoms with van der Waals surface area (Å²) in [4.78, 5) is 28.8. The van der Waals surface area contributed by atoms with Crippen LogP contribution in [0.25, 0.3) is 0 Å². The van der Waals surface area contributed by atoms with Crippen molar-refractivity contribution in [3.8, 4) is 0 Å². The molecule has 0 radical (unpaired) electrons. The third-order valence-corrected chi connectivity index (χ3v) is 4.58. The minimum absolute atomic E-state index is 0.0169. The van der Waals surface area contributed by atoms with Crippen LogP contribution in [0.5, 0.6) is 0 Å². The number of aryl methyl sites for hydroxylation is 2. The van der Waals surface area contributed by atoms with Crippen molar-refractivity contribution in [2.75, 3.05) is 11.9 Å². The molecule has 24 heavy (non-hydrogen) atoms. The highest BCUT2D eigenvalue weighted by Crippen LogP contribution is 2.17. The van der Waals surface area contributed by atoms with Gasteiger partial charge in [-0.25, -0.2) is 4.98 Å². The molecular weight excluding hydrogens is 322 g/mol. The fraction of sp³-hybridized carbons (Fsp3) is 0.278. The van der Waals surface area contributed by atoms with Crippen LogP contribution in [0.1, 0.15) is 21.1 Å². The fourth-order valence-corrected chi connectivity index (χ4v) is 3.20. The molecule has 1 heterocycles. The summed E-state index contributed by atoms with van der Waals surface area (Å²) < 4.78 is 0. The molecule has 6 heteroatoms. The number of anilines is 1. The number of carbonyl (C=O) groups excluding carboxylic acids is 2. The monoisotopic (exact) mass is 343 g/mol. The Balaban J connectivity index is 1.78. The van der Waals surface area contributed by atoms with Crippen LogP contribution in [0.15, 0.2) is 36.9 Å². The van der Waals surface area contributed by atoms with Crippen LogP contribution < -0.4 is 10.6 Å². The Hall–Kier alpha value is -2.47. The van der Waals surface area contributed by atoms with Gasteiger partial charge in [-0.1, -0.05) is 18.7 Å². The molecule has 126 valence electrons. The maximum absolute atomic E-state index is 12.0. The van der Waals surface area contributed by atoms with Gasteiger partial charge in [0.25, 0.3) is 0 Å². The second-order valence-corrected chi connectivity index (χ2v) is 6.70.